The number of para-hydroxylation sites is 1. The first-order valence-corrected chi connectivity index (χ1v) is 4.07. The van der Waals surface area contributed by atoms with Crippen molar-refractivity contribution >= 4 is 5.91 Å². The molecule has 0 saturated heterocycles. The Morgan fingerprint density at radius 1 is 1.57 bits per heavy atom. The Bertz CT molecular complexity index is 369. The third-order valence-corrected chi connectivity index (χ3v) is 1.68. The fourth-order valence-corrected chi connectivity index (χ4v) is 1.05. The van der Waals surface area contributed by atoms with E-state index in [2.05, 4.69) is 5.32 Å². The molecule has 4 heteroatoms. The van der Waals surface area contributed by atoms with Gasteiger partial charge in [0, 0.05) is 0 Å². The van der Waals surface area contributed by atoms with Crippen LogP contribution in [-0.4, -0.2) is 19.6 Å². The van der Waals surface area contributed by atoms with Crippen LogP contribution in [0.2, 0.25) is 0 Å². The first-order chi connectivity index (χ1) is 6.79. The van der Waals surface area contributed by atoms with Crippen molar-refractivity contribution in [3.63, 3.8) is 0 Å². The van der Waals surface area contributed by atoms with E-state index < -0.39 is 0 Å². The molecule has 0 aliphatic rings. The molecule has 14 heavy (non-hydrogen) atoms. The molecule has 72 valence electrons. The molecule has 1 N–H and O–H groups in total. The molecule has 0 heterocycles. The number of nitrogens with zero attached hydrogens (tertiary/aromatic N) is 1. The first kappa shape index (κ1) is 10.1. The number of methoxy groups -OCH3 is 1. The Morgan fingerprint density at radius 3 is 2.93 bits per heavy atom. The molecule has 1 amide bonds. The van der Waals surface area contributed by atoms with Crippen molar-refractivity contribution in [3.05, 3.63) is 29.8 Å². The zero-order valence-electron chi connectivity index (χ0n) is 7.78. The molecule has 1 aromatic carbocycles. The molecule has 0 spiro atoms. The van der Waals surface area contributed by atoms with Crippen LogP contribution in [0, 0.1) is 11.3 Å². The van der Waals surface area contributed by atoms with Crippen LogP contribution < -0.4 is 10.1 Å². The highest BCUT2D eigenvalue weighted by molar-refractivity contribution is 5.96. The van der Waals surface area contributed by atoms with Gasteiger partial charge in [-0.2, -0.15) is 5.26 Å². The molecule has 0 aliphatic heterocycles. The van der Waals surface area contributed by atoms with Gasteiger partial charge in [-0.15, -0.1) is 0 Å². The normalized spacial score (nSPS) is 8.86. The Labute approximate surface area is 82.1 Å². The van der Waals surface area contributed by atoms with Crippen molar-refractivity contribution in [2.24, 2.45) is 0 Å². The summed E-state index contributed by atoms with van der Waals surface area (Å²) in [7, 11) is 1.50. The zero-order chi connectivity index (χ0) is 10.4. The number of hydrogen-bond acceptors (Lipinski definition) is 3. The molecule has 0 atom stereocenters. The van der Waals surface area contributed by atoms with Crippen molar-refractivity contribution in [2.45, 2.75) is 0 Å². The highest BCUT2D eigenvalue weighted by Crippen LogP contribution is 2.16. The van der Waals surface area contributed by atoms with Crippen LogP contribution in [0.5, 0.6) is 5.75 Å². The molecule has 0 unspecified atom stereocenters. The number of benzene rings is 1. The van der Waals surface area contributed by atoms with E-state index in [0.717, 1.165) is 0 Å². The summed E-state index contributed by atoms with van der Waals surface area (Å²) < 4.78 is 5.00. The second-order valence-corrected chi connectivity index (χ2v) is 2.54. The molecule has 0 saturated carbocycles. The first-order valence-electron chi connectivity index (χ1n) is 4.07. The lowest BCUT2D eigenvalue weighted by Gasteiger charge is -2.06. The minimum absolute atomic E-state index is 0.00309. The average Bonchev–Trinajstić information content (AvgIpc) is 2.25. The van der Waals surface area contributed by atoms with Gasteiger partial charge in [0.15, 0.2) is 0 Å². The molecule has 1 aromatic rings. The lowest BCUT2D eigenvalue weighted by atomic mass is 10.2. The van der Waals surface area contributed by atoms with Crippen LogP contribution in [0.15, 0.2) is 24.3 Å². The summed E-state index contributed by atoms with van der Waals surface area (Å²) >= 11 is 0. The number of hydrogen-bond donors (Lipinski definition) is 1. The summed E-state index contributed by atoms with van der Waals surface area (Å²) in [6.45, 7) is -0.00309. The maximum Gasteiger partial charge on any atom is 0.255 e. The lowest BCUT2D eigenvalue weighted by Crippen LogP contribution is -2.23. The van der Waals surface area contributed by atoms with E-state index in [1.54, 1.807) is 24.3 Å². The lowest BCUT2D eigenvalue weighted by molar-refractivity contribution is 0.0955. The second kappa shape index (κ2) is 4.87. The van der Waals surface area contributed by atoms with E-state index in [-0.39, 0.29) is 12.5 Å². The summed E-state index contributed by atoms with van der Waals surface area (Å²) in [6.07, 6.45) is 0. The third-order valence-electron chi connectivity index (χ3n) is 1.68. The van der Waals surface area contributed by atoms with Crippen LogP contribution >= 0.6 is 0 Å². The maximum atomic E-state index is 11.4. The van der Waals surface area contributed by atoms with Crippen LogP contribution in [0.4, 0.5) is 0 Å². The van der Waals surface area contributed by atoms with Gasteiger partial charge in [-0.05, 0) is 12.1 Å². The standard InChI is InChI=1S/C10H10N2O2/c1-14-9-5-3-2-4-8(9)10(13)12-7-6-11/h2-5H,7H2,1H3,(H,12,13). The monoisotopic (exact) mass is 190 g/mol. The summed E-state index contributed by atoms with van der Waals surface area (Å²) in [6, 6.07) is 8.69. The van der Waals surface area contributed by atoms with E-state index in [1.165, 1.54) is 7.11 Å². The van der Waals surface area contributed by atoms with Gasteiger partial charge in [-0.1, -0.05) is 12.1 Å². The largest absolute Gasteiger partial charge is 0.496 e. The third kappa shape index (κ3) is 2.23. The van der Waals surface area contributed by atoms with Gasteiger partial charge in [-0.25, -0.2) is 0 Å². The van der Waals surface area contributed by atoms with E-state index in [0.29, 0.717) is 11.3 Å². The van der Waals surface area contributed by atoms with E-state index in [4.69, 9.17) is 10.00 Å². The number of ether oxygens (including phenoxy) is 1. The Kier molecular flexibility index (Phi) is 3.50. The predicted octanol–water partition coefficient (Wildman–Crippen LogP) is 0.949. The van der Waals surface area contributed by atoms with Gasteiger partial charge < -0.3 is 10.1 Å². The van der Waals surface area contributed by atoms with Gasteiger partial charge in [0.2, 0.25) is 0 Å². The van der Waals surface area contributed by atoms with Crippen LogP contribution in [0.25, 0.3) is 0 Å². The Morgan fingerprint density at radius 2 is 2.29 bits per heavy atom. The molecule has 0 fully saturated rings. The number of amides is 1. The topological polar surface area (TPSA) is 62.1 Å². The van der Waals surface area contributed by atoms with Crippen molar-refractivity contribution in [3.8, 4) is 11.8 Å². The minimum atomic E-state index is -0.302. The number of nitriles is 1. The van der Waals surface area contributed by atoms with Gasteiger partial charge in [0.05, 0.1) is 18.7 Å². The Balaban J connectivity index is 2.84. The Hall–Kier alpha value is -2.02. The summed E-state index contributed by atoms with van der Waals surface area (Å²) in [4.78, 5) is 11.4. The fraction of sp³-hybridized carbons (Fsp3) is 0.200. The molecule has 0 aromatic heterocycles. The average molecular weight is 190 g/mol. The number of nitrogens with one attached hydrogen (secondary N) is 1. The maximum absolute atomic E-state index is 11.4. The van der Waals surface area contributed by atoms with E-state index in [9.17, 15) is 4.79 Å². The number of rotatable bonds is 3. The molecule has 4 nitrogen and oxygen atoms in total. The molecule has 0 radical (unpaired) electrons. The molecule has 0 bridgehead atoms. The van der Waals surface area contributed by atoms with E-state index >= 15 is 0 Å². The molecule has 1 rings (SSSR count). The smallest absolute Gasteiger partial charge is 0.255 e. The van der Waals surface area contributed by atoms with Crippen molar-refractivity contribution in [1.82, 2.24) is 5.32 Å². The second-order valence-electron chi connectivity index (χ2n) is 2.54. The van der Waals surface area contributed by atoms with Gasteiger partial charge >= 0.3 is 0 Å². The van der Waals surface area contributed by atoms with Crippen molar-refractivity contribution < 1.29 is 9.53 Å². The highest BCUT2D eigenvalue weighted by Gasteiger charge is 2.09. The SMILES string of the molecule is COc1ccccc1C(=O)NCC#N. The van der Waals surface area contributed by atoms with Gasteiger partial charge in [0.25, 0.3) is 5.91 Å². The van der Waals surface area contributed by atoms with E-state index in [1.807, 2.05) is 6.07 Å². The zero-order valence-corrected chi connectivity index (χ0v) is 7.78. The van der Waals surface area contributed by atoms with Crippen LogP contribution in [-0.2, 0) is 0 Å². The predicted molar refractivity (Wildman–Crippen MR) is 50.9 cm³/mol. The van der Waals surface area contributed by atoms with Crippen molar-refractivity contribution in [1.29, 1.82) is 5.26 Å². The number of carbonyl (C=O) groups is 1. The highest BCUT2D eigenvalue weighted by atomic mass is 16.5. The van der Waals surface area contributed by atoms with Crippen LogP contribution in [0.1, 0.15) is 10.4 Å². The molecule has 0 aliphatic carbocycles. The summed E-state index contributed by atoms with van der Waals surface area (Å²) in [5, 5.41) is 10.7. The van der Waals surface area contributed by atoms with Gasteiger partial charge in [-0.3, -0.25) is 4.79 Å². The van der Waals surface area contributed by atoms with Gasteiger partial charge in [0.1, 0.15) is 12.3 Å². The minimum Gasteiger partial charge on any atom is -0.496 e. The summed E-state index contributed by atoms with van der Waals surface area (Å²) in [5.74, 6) is 0.201. The summed E-state index contributed by atoms with van der Waals surface area (Å²) in [5.41, 5.74) is 0.435. The quantitative estimate of drug-likeness (QED) is 0.722. The fourth-order valence-electron chi connectivity index (χ4n) is 1.05. The molecular formula is C10H10N2O2. The van der Waals surface area contributed by atoms with Crippen LogP contribution in [0.3, 0.4) is 0 Å². The number of carbonyl (C=O) groups excluding carboxylic acids is 1. The molecular weight excluding hydrogens is 180 g/mol. The van der Waals surface area contributed by atoms with Crippen molar-refractivity contribution in [2.75, 3.05) is 13.7 Å².